The van der Waals surface area contributed by atoms with E-state index in [0.29, 0.717) is 27.0 Å². The van der Waals surface area contributed by atoms with E-state index in [4.69, 9.17) is 21.1 Å². The van der Waals surface area contributed by atoms with Gasteiger partial charge in [0.15, 0.2) is 11.5 Å². The summed E-state index contributed by atoms with van der Waals surface area (Å²) in [5.74, 6) is 0.283. The van der Waals surface area contributed by atoms with Gasteiger partial charge in [-0.15, -0.1) is 11.3 Å². The number of hydrogen-bond acceptors (Lipinski definition) is 5. The number of carbonyl (C=O) groups is 1. The Morgan fingerprint density at radius 1 is 1.15 bits per heavy atom. The van der Waals surface area contributed by atoms with Crippen molar-refractivity contribution in [3.63, 3.8) is 0 Å². The largest absolute Gasteiger partial charge is 0.493 e. The van der Waals surface area contributed by atoms with Gasteiger partial charge in [0.2, 0.25) is 0 Å². The lowest BCUT2D eigenvalue weighted by Crippen LogP contribution is -2.07. The minimum Gasteiger partial charge on any atom is -0.493 e. The molecule has 0 fully saturated rings. The number of methoxy groups -OCH3 is 1. The highest BCUT2D eigenvalue weighted by Crippen LogP contribution is 2.31. The van der Waals surface area contributed by atoms with Gasteiger partial charge in [0.1, 0.15) is 4.88 Å². The number of nitriles is 1. The topological polar surface area (TPSA) is 59.3 Å². The lowest BCUT2D eigenvalue weighted by atomic mass is 10.0. The molecule has 0 aliphatic heterocycles. The summed E-state index contributed by atoms with van der Waals surface area (Å²) in [5, 5.41) is 11.9. The first-order valence-electron chi connectivity index (χ1n) is 7.92. The molecule has 0 N–H and O–H groups in total. The third-order valence-corrected chi connectivity index (χ3v) is 4.80. The highest BCUT2D eigenvalue weighted by atomic mass is 35.5. The van der Waals surface area contributed by atoms with Crippen LogP contribution in [0.1, 0.15) is 20.8 Å². The van der Waals surface area contributed by atoms with Gasteiger partial charge < -0.3 is 9.47 Å². The Hall–Kier alpha value is -3.07. The normalized spacial score (nSPS) is 10.9. The maximum atomic E-state index is 12.1. The van der Waals surface area contributed by atoms with Gasteiger partial charge in [-0.25, -0.2) is 4.79 Å². The van der Waals surface area contributed by atoms with Crippen LogP contribution in [0.15, 0.2) is 60.0 Å². The van der Waals surface area contributed by atoms with E-state index in [9.17, 15) is 10.1 Å². The highest BCUT2D eigenvalue weighted by molar-refractivity contribution is 7.12. The number of ether oxygens (including phenoxy) is 2. The minimum atomic E-state index is -0.439. The van der Waals surface area contributed by atoms with Gasteiger partial charge >= 0.3 is 5.97 Å². The molecular formula is C21H14ClNO3S. The summed E-state index contributed by atoms with van der Waals surface area (Å²) in [5.41, 5.74) is 1.99. The average molecular weight is 396 g/mol. The second-order valence-electron chi connectivity index (χ2n) is 5.45. The molecule has 1 heterocycles. The predicted octanol–water partition coefficient (Wildman–Crippen LogP) is 5.69. The summed E-state index contributed by atoms with van der Waals surface area (Å²) in [6.45, 7) is 0. The number of benzene rings is 2. The first-order chi connectivity index (χ1) is 13.1. The van der Waals surface area contributed by atoms with Crippen molar-refractivity contribution in [2.24, 2.45) is 0 Å². The van der Waals surface area contributed by atoms with Crippen molar-refractivity contribution in [3.05, 3.63) is 81.0 Å². The summed E-state index contributed by atoms with van der Waals surface area (Å²) in [6.07, 6.45) is 1.73. The molecule has 134 valence electrons. The van der Waals surface area contributed by atoms with E-state index in [1.807, 2.05) is 5.38 Å². The predicted molar refractivity (Wildman–Crippen MR) is 107 cm³/mol. The van der Waals surface area contributed by atoms with E-state index < -0.39 is 5.97 Å². The Labute approximate surface area is 165 Å². The second kappa shape index (κ2) is 8.54. The van der Waals surface area contributed by atoms with Crippen LogP contribution in [0.3, 0.4) is 0 Å². The molecule has 0 saturated heterocycles. The molecule has 0 atom stereocenters. The number of esters is 1. The first kappa shape index (κ1) is 18.7. The Balaban J connectivity index is 1.88. The molecule has 0 aliphatic rings. The van der Waals surface area contributed by atoms with Gasteiger partial charge in [-0.2, -0.15) is 5.26 Å². The number of thiophene rings is 1. The fourth-order valence-electron chi connectivity index (χ4n) is 2.38. The Bertz CT molecular complexity index is 1020. The zero-order valence-corrected chi connectivity index (χ0v) is 15.9. The van der Waals surface area contributed by atoms with Gasteiger partial charge in [-0.1, -0.05) is 35.9 Å². The molecule has 1 aromatic heterocycles. The van der Waals surface area contributed by atoms with Crippen LogP contribution in [-0.4, -0.2) is 13.1 Å². The van der Waals surface area contributed by atoms with Crippen LogP contribution >= 0.6 is 22.9 Å². The molecule has 0 spiro atoms. The zero-order valence-electron chi connectivity index (χ0n) is 14.3. The minimum absolute atomic E-state index is 0.318. The van der Waals surface area contributed by atoms with Crippen LogP contribution in [-0.2, 0) is 0 Å². The van der Waals surface area contributed by atoms with Crippen molar-refractivity contribution in [2.45, 2.75) is 0 Å². The molecular weight excluding hydrogens is 382 g/mol. The van der Waals surface area contributed by atoms with E-state index in [1.165, 1.54) is 18.4 Å². The fraction of sp³-hybridized carbons (Fsp3) is 0.0476. The van der Waals surface area contributed by atoms with Crippen LogP contribution in [0.2, 0.25) is 5.02 Å². The van der Waals surface area contributed by atoms with E-state index in [1.54, 1.807) is 60.7 Å². The standard InChI is InChI=1S/C21H14ClNO3S/c1-25-19-12-14(11-16(13-23)15-5-7-17(22)8-6-15)4-9-18(19)26-21(24)20-3-2-10-27-20/h2-12H,1H3/b16-11+. The Kier molecular flexibility index (Phi) is 5.92. The molecule has 0 bridgehead atoms. The quantitative estimate of drug-likeness (QED) is 0.241. The van der Waals surface area contributed by atoms with Gasteiger partial charge in [0, 0.05) is 5.02 Å². The first-order valence-corrected chi connectivity index (χ1v) is 9.18. The van der Waals surface area contributed by atoms with Crippen LogP contribution in [0.25, 0.3) is 11.6 Å². The summed E-state index contributed by atoms with van der Waals surface area (Å²) < 4.78 is 10.7. The van der Waals surface area contributed by atoms with Gasteiger partial charge in [0.25, 0.3) is 0 Å². The molecule has 3 rings (SSSR count). The molecule has 0 saturated carbocycles. The molecule has 0 unspecified atom stereocenters. The molecule has 0 radical (unpaired) electrons. The number of halogens is 1. The van der Waals surface area contributed by atoms with E-state index in [-0.39, 0.29) is 0 Å². The SMILES string of the molecule is COc1cc(/C=C(\C#N)c2ccc(Cl)cc2)ccc1OC(=O)c1cccs1. The molecule has 4 nitrogen and oxygen atoms in total. The van der Waals surface area contributed by atoms with Crippen LogP contribution in [0, 0.1) is 11.3 Å². The van der Waals surface area contributed by atoms with Crippen LogP contribution in [0.5, 0.6) is 11.5 Å². The lowest BCUT2D eigenvalue weighted by molar-refractivity contribution is 0.0735. The molecule has 2 aromatic carbocycles. The van der Waals surface area contributed by atoms with Gasteiger partial charge in [0.05, 0.1) is 18.8 Å². The van der Waals surface area contributed by atoms with Crippen molar-refractivity contribution in [1.82, 2.24) is 0 Å². The summed E-state index contributed by atoms with van der Waals surface area (Å²) in [7, 11) is 1.50. The van der Waals surface area contributed by atoms with Gasteiger partial charge in [-0.05, 0) is 52.9 Å². The van der Waals surface area contributed by atoms with Crippen molar-refractivity contribution < 1.29 is 14.3 Å². The number of rotatable bonds is 5. The Morgan fingerprint density at radius 2 is 1.93 bits per heavy atom. The third kappa shape index (κ3) is 4.56. The monoisotopic (exact) mass is 395 g/mol. The second-order valence-corrected chi connectivity index (χ2v) is 6.84. The number of carbonyl (C=O) groups excluding carboxylic acids is 1. The van der Waals surface area contributed by atoms with E-state index in [0.717, 1.165) is 11.1 Å². The zero-order chi connectivity index (χ0) is 19.2. The molecule has 27 heavy (non-hydrogen) atoms. The molecule has 3 aromatic rings. The Morgan fingerprint density at radius 3 is 2.56 bits per heavy atom. The van der Waals surface area contributed by atoms with Crippen molar-refractivity contribution in [2.75, 3.05) is 7.11 Å². The number of hydrogen-bond donors (Lipinski definition) is 0. The van der Waals surface area contributed by atoms with E-state index in [2.05, 4.69) is 6.07 Å². The summed E-state index contributed by atoms with van der Waals surface area (Å²) >= 11 is 7.20. The van der Waals surface area contributed by atoms with Gasteiger partial charge in [-0.3, -0.25) is 0 Å². The summed E-state index contributed by atoms with van der Waals surface area (Å²) in [4.78, 5) is 12.6. The fourth-order valence-corrected chi connectivity index (χ4v) is 3.10. The molecule has 6 heteroatoms. The van der Waals surface area contributed by atoms with Crippen molar-refractivity contribution >= 4 is 40.6 Å². The average Bonchev–Trinajstić information content (AvgIpc) is 3.23. The third-order valence-electron chi connectivity index (χ3n) is 3.70. The molecule has 0 aliphatic carbocycles. The smallest absolute Gasteiger partial charge is 0.353 e. The van der Waals surface area contributed by atoms with Crippen LogP contribution < -0.4 is 9.47 Å². The summed E-state index contributed by atoms with van der Waals surface area (Å²) in [6, 6.07) is 17.8. The maximum Gasteiger partial charge on any atom is 0.353 e. The van der Waals surface area contributed by atoms with Crippen molar-refractivity contribution in [1.29, 1.82) is 5.26 Å². The maximum absolute atomic E-state index is 12.1. The number of allylic oxidation sites excluding steroid dienone is 1. The van der Waals surface area contributed by atoms with Crippen LogP contribution in [0.4, 0.5) is 0 Å². The molecule has 0 amide bonds. The van der Waals surface area contributed by atoms with Crippen molar-refractivity contribution in [3.8, 4) is 17.6 Å². The number of nitrogens with zero attached hydrogens (tertiary/aromatic N) is 1. The highest BCUT2D eigenvalue weighted by Gasteiger charge is 2.13. The van der Waals surface area contributed by atoms with E-state index >= 15 is 0 Å². The lowest BCUT2D eigenvalue weighted by Gasteiger charge is -2.09.